The Morgan fingerprint density at radius 3 is 2.52 bits per heavy atom. The Kier molecular flexibility index (Phi) is 5.26. The maximum absolute atomic E-state index is 12.7. The molecule has 0 aromatic heterocycles. The van der Waals surface area contributed by atoms with Gasteiger partial charge in [0.25, 0.3) is 0 Å². The number of likely N-dealkylation sites (tertiary alicyclic amines) is 1. The standard InChI is InChI=1S/C19H25N3O3/c1-25-17-6-4-14(5-7-17)15-8-11-21(12-9-15)18(23)16-3-2-10-22(13-16)19(20)24/h4-8,16H,2-3,9-13H2,1H3,(H2,20,24)/t16-/m1/s1. The SMILES string of the molecule is COc1ccc(C2=CCN(C(=O)[C@@H]3CCCN(C(N)=O)C3)CC2)cc1. The first kappa shape index (κ1) is 17.3. The van der Waals surface area contributed by atoms with Gasteiger partial charge in [-0.25, -0.2) is 4.79 Å². The molecule has 0 spiro atoms. The minimum absolute atomic E-state index is 0.128. The van der Waals surface area contributed by atoms with Crippen molar-refractivity contribution >= 4 is 17.5 Å². The highest BCUT2D eigenvalue weighted by Gasteiger charge is 2.31. The van der Waals surface area contributed by atoms with Crippen LogP contribution in [0.3, 0.4) is 0 Å². The molecular formula is C19H25N3O3. The van der Waals surface area contributed by atoms with Gasteiger partial charge in [0.2, 0.25) is 5.91 Å². The van der Waals surface area contributed by atoms with Crippen LogP contribution in [0.5, 0.6) is 5.75 Å². The maximum atomic E-state index is 12.7. The van der Waals surface area contributed by atoms with Crippen molar-refractivity contribution in [1.29, 1.82) is 0 Å². The summed E-state index contributed by atoms with van der Waals surface area (Å²) in [7, 11) is 1.66. The van der Waals surface area contributed by atoms with E-state index in [4.69, 9.17) is 10.5 Å². The minimum atomic E-state index is -0.433. The molecule has 2 heterocycles. The van der Waals surface area contributed by atoms with Crippen molar-refractivity contribution in [3.8, 4) is 5.75 Å². The number of hydrogen-bond acceptors (Lipinski definition) is 3. The Morgan fingerprint density at radius 2 is 1.92 bits per heavy atom. The van der Waals surface area contributed by atoms with E-state index >= 15 is 0 Å². The van der Waals surface area contributed by atoms with Crippen molar-refractivity contribution in [1.82, 2.24) is 9.80 Å². The van der Waals surface area contributed by atoms with Gasteiger partial charge in [-0.2, -0.15) is 0 Å². The van der Waals surface area contributed by atoms with Crippen LogP contribution < -0.4 is 10.5 Å². The average molecular weight is 343 g/mol. The summed E-state index contributed by atoms with van der Waals surface area (Å²) in [5, 5.41) is 0. The Balaban J connectivity index is 1.61. The molecule has 134 valence electrons. The van der Waals surface area contributed by atoms with E-state index in [9.17, 15) is 9.59 Å². The lowest BCUT2D eigenvalue weighted by Crippen LogP contribution is -2.49. The number of nitrogens with two attached hydrogens (primary N) is 1. The fraction of sp³-hybridized carbons (Fsp3) is 0.474. The Hall–Kier alpha value is -2.50. The van der Waals surface area contributed by atoms with E-state index in [-0.39, 0.29) is 11.8 Å². The lowest BCUT2D eigenvalue weighted by atomic mass is 9.94. The Labute approximate surface area is 148 Å². The van der Waals surface area contributed by atoms with E-state index in [0.29, 0.717) is 26.2 Å². The van der Waals surface area contributed by atoms with E-state index in [1.807, 2.05) is 29.2 Å². The predicted molar refractivity (Wildman–Crippen MR) is 96.0 cm³/mol. The van der Waals surface area contributed by atoms with E-state index < -0.39 is 6.03 Å². The number of amides is 3. The summed E-state index contributed by atoms with van der Waals surface area (Å²) in [6.07, 6.45) is 4.62. The van der Waals surface area contributed by atoms with Crippen LogP contribution in [0, 0.1) is 5.92 Å². The van der Waals surface area contributed by atoms with Gasteiger partial charge in [0.15, 0.2) is 0 Å². The van der Waals surface area contributed by atoms with Gasteiger partial charge in [0, 0.05) is 26.2 Å². The number of hydrogen-bond donors (Lipinski definition) is 1. The molecule has 2 aliphatic rings. The number of primary amides is 1. The third-order valence-corrected chi connectivity index (χ3v) is 5.06. The monoisotopic (exact) mass is 343 g/mol. The van der Waals surface area contributed by atoms with Crippen molar-refractivity contribution in [2.24, 2.45) is 11.7 Å². The van der Waals surface area contributed by atoms with E-state index in [0.717, 1.165) is 25.0 Å². The molecule has 0 saturated carbocycles. The molecular weight excluding hydrogens is 318 g/mol. The molecule has 1 fully saturated rings. The van der Waals surface area contributed by atoms with Crippen molar-refractivity contribution in [2.45, 2.75) is 19.3 Å². The molecule has 2 aliphatic heterocycles. The highest BCUT2D eigenvalue weighted by Crippen LogP contribution is 2.26. The van der Waals surface area contributed by atoms with Gasteiger partial charge in [-0.15, -0.1) is 0 Å². The normalized spacial score (nSPS) is 20.8. The highest BCUT2D eigenvalue weighted by atomic mass is 16.5. The number of piperidine rings is 1. The number of ether oxygens (including phenoxy) is 1. The lowest BCUT2D eigenvalue weighted by molar-refractivity contribution is -0.136. The van der Waals surface area contributed by atoms with Crippen LogP contribution in [-0.4, -0.2) is 55.0 Å². The second-order valence-electron chi connectivity index (χ2n) is 6.62. The van der Waals surface area contributed by atoms with Gasteiger partial charge in [-0.1, -0.05) is 18.2 Å². The largest absolute Gasteiger partial charge is 0.497 e. The first-order valence-electron chi connectivity index (χ1n) is 8.75. The molecule has 1 aromatic rings. The fourth-order valence-electron chi connectivity index (χ4n) is 3.57. The van der Waals surface area contributed by atoms with E-state index in [1.165, 1.54) is 11.1 Å². The van der Waals surface area contributed by atoms with Gasteiger partial charge in [-0.05, 0) is 42.5 Å². The number of carbonyl (C=O) groups excluding carboxylic acids is 2. The number of nitrogens with zero attached hydrogens (tertiary/aromatic N) is 2. The average Bonchev–Trinajstić information content (AvgIpc) is 2.67. The van der Waals surface area contributed by atoms with Crippen molar-refractivity contribution in [3.05, 3.63) is 35.9 Å². The number of methoxy groups -OCH3 is 1. The summed E-state index contributed by atoms with van der Waals surface area (Å²) in [5.74, 6) is 0.849. The molecule has 1 saturated heterocycles. The molecule has 1 aromatic carbocycles. The van der Waals surface area contributed by atoms with Gasteiger partial charge in [0.05, 0.1) is 13.0 Å². The number of carbonyl (C=O) groups is 2. The molecule has 6 nitrogen and oxygen atoms in total. The van der Waals surface area contributed by atoms with Crippen LogP contribution in [0.25, 0.3) is 5.57 Å². The van der Waals surface area contributed by atoms with E-state index in [1.54, 1.807) is 12.0 Å². The van der Waals surface area contributed by atoms with Crippen LogP contribution in [0.1, 0.15) is 24.8 Å². The molecule has 0 unspecified atom stereocenters. The molecule has 0 aliphatic carbocycles. The molecule has 0 bridgehead atoms. The smallest absolute Gasteiger partial charge is 0.314 e. The molecule has 25 heavy (non-hydrogen) atoms. The van der Waals surface area contributed by atoms with Gasteiger partial charge >= 0.3 is 6.03 Å². The van der Waals surface area contributed by atoms with Crippen molar-refractivity contribution in [2.75, 3.05) is 33.3 Å². The minimum Gasteiger partial charge on any atom is -0.497 e. The number of benzene rings is 1. The van der Waals surface area contributed by atoms with Gasteiger partial charge in [0.1, 0.15) is 5.75 Å². The molecule has 2 N–H and O–H groups in total. The highest BCUT2D eigenvalue weighted by molar-refractivity contribution is 5.82. The first-order valence-corrected chi connectivity index (χ1v) is 8.75. The zero-order valence-electron chi connectivity index (χ0n) is 14.6. The van der Waals surface area contributed by atoms with Crippen LogP contribution in [0.2, 0.25) is 0 Å². The first-order chi connectivity index (χ1) is 12.1. The molecule has 6 heteroatoms. The summed E-state index contributed by atoms with van der Waals surface area (Å²) in [5.41, 5.74) is 7.79. The summed E-state index contributed by atoms with van der Waals surface area (Å²) in [6, 6.07) is 7.57. The number of rotatable bonds is 3. The summed E-state index contributed by atoms with van der Waals surface area (Å²) in [6.45, 7) is 2.43. The zero-order chi connectivity index (χ0) is 17.8. The molecule has 0 radical (unpaired) electrons. The van der Waals surface area contributed by atoms with E-state index in [2.05, 4.69) is 6.08 Å². The Bertz CT molecular complexity index is 669. The quantitative estimate of drug-likeness (QED) is 0.913. The van der Waals surface area contributed by atoms with Crippen molar-refractivity contribution in [3.63, 3.8) is 0 Å². The molecule has 3 rings (SSSR count). The maximum Gasteiger partial charge on any atom is 0.314 e. The van der Waals surface area contributed by atoms with Gasteiger partial charge in [-0.3, -0.25) is 4.79 Å². The third kappa shape index (κ3) is 3.95. The Morgan fingerprint density at radius 1 is 1.16 bits per heavy atom. The lowest BCUT2D eigenvalue weighted by Gasteiger charge is -2.35. The summed E-state index contributed by atoms with van der Waals surface area (Å²) in [4.78, 5) is 27.6. The molecule has 1 atom stereocenters. The predicted octanol–water partition coefficient (Wildman–Crippen LogP) is 2.10. The van der Waals surface area contributed by atoms with Crippen LogP contribution in [0.4, 0.5) is 4.79 Å². The summed E-state index contributed by atoms with van der Waals surface area (Å²) < 4.78 is 5.19. The van der Waals surface area contributed by atoms with Crippen LogP contribution in [-0.2, 0) is 4.79 Å². The van der Waals surface area contributed by atoms with Gasteiger partial charge < -0.3 is 20.3 Å². The fourth-order valence-corrected chi connectivity index (χ4v) is 3.57. The third-order valence-electron chi connectivity index (χ3n) is 5.06. The number of urea groups is 1. The second-order valence-corrected chi connectivity index (χ2v) is 6.62. The second kappa shape index (κ2) is 7.59. The van der Waals surface area contributed by atoms with Crippen LogP contribution in [0.15, 0.2) is 30.3 Å². The summed E-state index contributed by atoms with van der Waals surface area (Å²) >= 11 is 0. The van der Waals surface area contributed by atoms with Crippen molar-refractivity contribution < 1.29 is 14.3 Å². The topological polar surface area (TPSA) is 75.9 Å². The molecule has 3 amide bonds. The van der Waals surface area contributed by atoms with Crippen LogP contribution >= 0.6 is 0 Å². The zero-order valence-corrected chi connectivity index (χ0v) is 14.6.